The molecule has 3 amide bonds. The fourth-order valence-corrected chi connectivity index (χ4v) is 5.08. The van der Waals surface area contributed by atoms with Gasteiger partial charge in [0.2, 0.25) is 11.8 Å². The number of hydrogen-bond donors (Lipinski definition) is 1. The maximum absolute atomic E-state index is 13.8. The van der Waals surface area contributed by atoms with Crippen LogP contribution in [0.4, 0.5) is 11.4 Å². The maximum Gasteiger partial charge on any atom is 0.285 e. The van der Waals surface area contributed by atoms with Crippen LogP contribution in [0.1, 0.15) is 24.0 Å². The maximum atomic E-state index is 13.8. The topological polar surface area (TPSA) is 96.2 Å². The molecule has 166 valence electrons. The lowest BCUT2D eigenvalue weighted by Gasteiger charge is -2.44. The third-order valence-corrected chi connectivity index (χ3v) is 6.81. The summed E-state index contributed by atoms with van der Waals surface area (Å²) in [7, 11) is 1.71. The van der Waals surface area contributed by atoms with E-state index in [1.165, 1.54) is 4.90 Å². The highest BCUT2D eigenvalue weighted by atomic mass is 16.5. The lowest BCUT2D eigenvalue weighted by atomic mass is 9.95. The van der Waals surface area contributed by atoms with Gasteiger partial charge in [-0.25, -0.2) is 0 Å². The number of carbonyl (C=O) groups excluding carboxylic acids is 3. The molecule has 1 atom stereocenters. The summed E-state index contributed by atoms with van der Waals surface area (Å²) in [5.41, 5.74) is 6.87. The van der Waals surface area contributed by atoms with E-state index in [9.17, 15) is 14.4 Å². The van der Waals surface area contributed by atoms with Gasteiger partial charge in [0, 0.05) is 24.1 Å². The van der Waals surface area contributed by atoms with E-state index < -0.39 is 5.72 Å². The molecular formula is C24H26N4O4. The Morgan fingerprint density at radius 2 is 1.72 bits per heavy atom. The number of carbonyl (C=O) groups is 3. The molecule has 1 fully saturated rings. The SMILES string of the molecule is CN1C(=O)[C@]2(OCc3ccccc3N2C(=O)CN2CCC(C(N)=O)CC2)c2ccccc21. The van der Waals surface area contributed by atoms with Gasteiger partial charge >= 0.3 is 0 Å². The second-order valence-electron chi connectivity index (χ2n) is 8.62. The second-order valence-corrected chi connectivity index (χ2v) is 8.62. The molecule has 0 radical (unpaired) electrons. The van der Waals surface area contributed by atoms with Crippen molar-refractivity contribution in [2.45, 2.75) is 25.2 Å². The Kier molecular flexibility index (Phi) is 4.98. The zero-order valence-electron chi connectivity index (χ0n) is 18.0. The number of likely N-dealkylation sites (N-methyl/N-ethyl adjacent to an activating group) is 1. The molecule has 1 spiro atoms. The fraction of sp³-hybridized carbons (Fsp3) is 0.375. The summed E-state index contributed by atoms with van der Waals surface area (Å²) < 4.78 is 6.27. The molecule has 2 aromatic carbocycles. The van der Waals surface area contributed by atoms with Crippen molar-refractivity contribution in [3.05, 3.63) is 59.7 Å². The molecule has 2 N–H and O–H groups in total. The van der Waals surface area contributed by atoms with Crippen molar-refractivity contribution < 1.29 is 19.1 Å². The second kappa shape index (κ2) is 7.72. The van der Waals surface area contributed by atoms with Gasteiger partial charge in [-0.3, -0.25) is 24.2 Å². The Balaban J connectivity index is 1.53. The van der Waals surface area contributed by atoms with Crippen LogP contribution in [0.25, 0.3) is 0 Å². The molecular weight excluding hydrogens is 408 g/mol. The largest absolute Gasteiger partial charge is 0.369 e. The van der Waals surface area contributed by atoms with Crippen LogP contribution in [0.2, 0.25) is 0 Å². The van der Waals surface area contributed by atoms with Gasteiger partial charge in [-0.1, -0.05) is 36.4 Å². The summed E-state index contributed by atoms with van der Waals surface area (Å²) in [4.78, 5) is 44.0. The summed E-state index contributed by atoms with van der Waals surface area (Å²) in [6.07, 6.45) is 1.26. The summed E-state index contributed by atoms with van der Waals surface area (Å²) in [5, 5.41) is 0. The quantitative estimate of drug-likeness (QED) is 0.791. The molecule has 0 saturated carbocycles. The van der Waals surface area contributed by atoms with Gasteiger partial charge in [-0.05, 0) is 38.1 Å². The number of hydrogen-bond acceptors (Lipinski definition) is 5. The Morgan fingerprint density at radius 3 is 2.44 bits per heavy atom. The number of fused-ring (bicyclic) bond motifs is 3. The van der Waals surface area contributed by atoms with E-state index in [-0.39, 0.29) is 36.8 Å². The van der Waals surface area contributed by atoms with Crippen molar-refractivity contribution in [2.24, 2.45) is 11.7 Å². The molecule has 0 aliphatic carbocycles. The lowest BCUT2D eigenvalue weighted by Crippen LogP contribution is -2.61. The van der Waals surface area contributed by atoms with E-state index in [1.54, 1.807) is 11.9 Å². The van der Waals surface area contributed by atoms with E-state index in [0.717, 1.165) is 11.3 Å². The summed E-state index contributed by atoms with van der Waals surface area (Å²) in [6, 6.07) is 15.0. The van der Waals surface area contributed by atoms with Gasteiger partial charge in [-0.15, -0.1) is 0 Å². The predicted molar refractivity (Wildman–Crippen MR) is 119 cm³/mol. The summed E-state index contributed by atoms with van der Waals surface area (Å²) in [5.74, 6) is -0.935. The number of amides is 3. The van der Waals surface area contributed by atoms with Crippen LogP contribution in [-0.4, -0.2) is 49.3 Å². The van der Waals surface area contributed by atoms with Crippen molar-refractivity contribution in [2.75, 3.05) is 36.5 Å². The van der Waals surface area contributed by atoms with Crippen LogP contribution >= 0.6 is 0 Å². The number of likely N-dealkylation sites (tertiary alicyclic amines) is 1. The van der Waals surface area contributed by atoms with Crippen LogP contribution in [0.15, 0.2) is 48.5 Å². The van der Waals surface area contributed by atoms with Gasteiger partial charge < -0.3 is 15.4 Å². The summed E-state index contributed by atoms with van der Waals surface area (Å²) >= 11 is 0. The average molecular weight is 434 g/mol. The molecule has 0 unspecified atom stereocenters. The molecule has 8 nitrogen and oxygen atoms in total. The molecule has 2 aromatic rings. The Labute approximate surface area is 186 Å². The highest BCUT2D eigenvalue weighted by Gasteiger charge is 2.59. The van der Waals surface area contributed by atoms with E-state index in [4.69, 9.17) is 10.5 Å². The lowest BCUT2D eigenvalue weighted by molar-refractivity contribution is -0.153. The molecule has 5 rings (SSSR count). The Hall–Kier alpha value is -3.23. The molecule has 0 bridgehead atoms. The average Bonchev–Trinajstić information content (AvgIpc) is 3.02. The number of rotatable bonds is 3. The van der Waals surface area contributed by atoms with Gasteiger partial charge in [0.1, 0.15) is 0 Å². The van der Waals surface area contributed by atoms with E-state index in [0.29, 0.717) is 37.2 Å². The smallest absolute Gasteiger partial charge is 0.285 e. The van der Waals surface area contributed by atoms with Crippen LogP contribution < -0.4 is 15.5 Å². The first-order valence-electron chi connectivity index (χ1n) is 10.9. The van der Waals surface area contributed by atoms with Crippen molar-refractivity contribution in [3.8, 4) is 0 Å². The van der Waals surface area contributed by atoms with Crippen LogP contribution in [0, 0.1) is 5.92 Å². The molecule has 1 saturated heterocycles. The first-order chi connectivity index (χ1) is 15.4. The molecule has 3 aliphatic rings. The number of nitrogens with zero attached hydrogens (tertiary/aromatic N) is 3. The van der Waals surface area contributed by atoms with Crippen LogP contribution in [0.5, 0.6) is 0 Å². The Bertz CT molecular complexity index is 1090. The normalized spacial score (nSPS) is 23.3. The monoisotopic (exact) mass is 434 g/mol. The van der Waals surface area contributed by atoms with Crippen molar-refractivity contribution in [1.29, 1.82) is 0 Å². The Morgan fingerprint density at radius 1 is 1.06 bits per heavy atom. The van der Waals surface area contributed by atoms with Gasteiger partial charge in [0.05, 0.1) is 24.5 Å². The third kappa shape index (κ3) is 3.02. The van der Waals surface area contributed by atoms with Crippen molar-refractivity contribution in [3.63, 3.8) is 0 Å². The highest BCUT2D eigenvalue weighted by molar-refractivity contribution is 6.14. The summed E-state index contributed by atoms with van der Waals surface area (Å²) in [6.45, 7) is 1.57. The number of para-hydroxylation sites is 2. The number of anilines is 2. The predicted octanol–water partition coefficient (Wildman–Crippen LogP) is 1.58. The van der Waals surface area contributed by atoms with Gasteiger partial charge in [-0.2, -0.15) is 0 Å². The molecule has 3 heterocycles. The van der Waals surface area contributed by atoms with Crippen molar-refractivity contribution >= 4 is 29.1 Å². The zero-order chi connectivity index (χ0) is 22.5. The number of piperidine rings is 1. The number of ether oxygens (including phenoxy) is 1. The minimum Gasteiger partial charge on any atom is -0.369 e. The highest BCUT2D eigenvalue weighted by Crippen LogP contribution is 2.49. The van der Waals surface area contributed by atoms with E-state index >= 15 is 0 Å². The zero-order valence-corrected chi connectivity index (χ0v) is 18.0. The van der Waals surface area contributed by atoms with Gasteiger partial charge in [0.25, 0.3) is 11.6 Å². The minimum atomic E-state index is -1.53. The van der Waals surface area contributed by atoms with E-state index in [1.807, 2.05) is 53.4 Å². The molecule has 32 heavy (non-hydrogen) atoms. The van der Waals surface area contributed by atoms with Gasteiger partial charge in [0.15, 0.2) is 0 Å². The number of nitrogens with two attached hydrogens (primary N) is 1. The van der Waals surface area contributed by atoms with Crippen LogP contribution in [0.3, 0.4) is 0 Å². The van der Waals surface area contributed by atoms with Crippen molar-refractivity contribution in [1.82, 2.24) is 4.90 Å². The third-order valence-electron chi connectivity index (χ3n) is 6.81. The first-order valence-corrected chi connectivity index (χ1v) is 10.9. The molecule has 3 aliphatic heterocycles. The molecule has 0 aromatic heterocycles. The number of primary amides is 1. The minimum absolute atomic E-state index is 0.129. The number of benzene rings is 2. The fourth-order valence-electron chi connectivity index (χ4n) is 5.08. The first kappa shape index (κ1) is 20.7. The van der Waals surface area contributed by atoms with E-state index in [2.05, 4.69) is 0 Å². The molecule has 8 heteroatoms. The van der Waals surface area contributed by atoms with Crippen LogP contribution in [-0.2, 0) is 31.5 Å². The standard InChI is InChI=1S/C24H26N4O4/c1-26-20-9-5-3-7-18(20)24(23(26)31)28(19-8-4-2-6-17(19)15-32-24)21(29)14-27-12-10-16(11-13-27)22(25)30/h2-9,16H,10-15H2,1H3,(H2,25,30)/t24-/m1/s1.